The Kier molecular flexibility index (Phi) is 8.05. The molecule has 3 heterocycles. The molecule has 0 saturated heterocycles. The van der Waals surface area contributed by atoms with Crippen molar-refractivity contribution in [2.75, 3.05) is 4.90 Å². The van der Waals surface area contributed by atoms with Gasteiger partial charge in [0, 0.05) is 50.4 Å². The maximum Gasteiger partial charge on any atom is 0.164 e. The third-order valence-electron chi connectivity index (χ3n) is 15.2. The number of benzene rings is 9. The Hall–Kier alpha value is -8.93. The Morgan fingerprint density at radius 2 is 0.841 bits per heavy atom. The zero-order valence-electron chi connectivity index (χ0n) is 37.4. The largest absolute Gasteiger partial charge is 0.333 e. The van der Waals surface area contributed by atoms with Crippen LogP contribution in [0.1, 0.15) is 33.7 Å². The van der Waals surface area contributed by atoms with E-state index in [4.69, 9.17) is 15.0 Å². The van der Waals surface area contributed by atoms with Gasteiger partial charge in [-0.1, -0.05) is 164 Å². The van der Waals surface area contributed by atoms with Crippen LogP contribution < -0.4 is 4.90 Å². The average molecular weight is 880 g/mol. The normalized spacial score (nSPS) is 16.4. The predicted octanol–water partition coefficient (Wildman–Crippen LogP) is 15.0. The lowest BCUT2D eigenvalue weighted by Gasteiger charge is -2.30. The summed E-state index contributed by atoms with van der Waals surface area (Å²) >= 11 is 0. The summed E-state index contributed by atoms with van der Waals surface area (Å²) in [6.45, 7) is 0. The molecule has 1 aliphatic heterocycles. The fourth-order valence-electron chi connectivity index (χ4n) is 12.3. The van der Waals surface area contributed by atoms with Gasteiger partial charge in [0.2, 0.25) is 0 Å². The lowest BCUT2D eigenvalue weighted by molar-refractivity contribution is 0.745. The molecule has 15 rings (SSSR count). The molecule has 5 nitrogen and oxygen atoms in total. The molecule has 2 aromatic heterocycles. The topological polar surface area (TPSA) is 46.8 Å². The maximum atomic E-state index is 5.37. The van der Waals surface area contributed by atoms with Crippen molar-refractivity contribution >= 4 is 33.2 Å². The van der Waals surface area contributed by atoms with Crippen molar-refractivity contribution in [2.24, 2.45) is 0 Å². The van der Waals surface area contributed by atoms with Gasteiger partial charge in [-0.15, -0.1) is 0 Å². The van der Waals surface area contributed by atoms with Gasteiger partial charge >= 0.3 is 0 Å². The molecular weight excluding hydrogens is 839 g/mol. The smallest absolute Gasteiger partial charge is 0.164 e. The number of aromatic nitrogens is 4. The fourth-order valence-corrected chi connectivity index (χ4v) is 12.3. The summed E-state index contributed by atoms with van der Waals surface area (Å²) in [4.78, 5) is 18.5. The van der Waals surface area contributed by atoms with Gasteiger partial charge in [0.25, 0.3) is 0 Å². The number of para-hydroxylation sites is 3. The third kappa shape index (κ3) is 5.38. The van der Waals surface area contributed by atoms with Crippen molar-refractivity contribution < 1.29 is 0 Å². The summed E-state index contributed by atoms with van der Waals surface area (Å²) < 4.78 is 2.35. The molecule has 11 aromatic rings. The molecule has 0 amide bonds. The molecule has 2 atom stereocenters. The van der Waals surface area contributed by atoms with E-state index in [9.17, 15) is 0 Å². The quantitative estimate of drug-likeness (QED) is 0.173. The molecule has 3 aliphatic carbocycles. The second kappa shape index (κ2) is 14.5. The van der Waals surface area contributed by atoms with E-state index in [-0.39, 0.29) is 6.04 Å². The van der Waals surface area contributed by atoms with E-state index >= 15 is 0 Å². The zero-order chi connectivity index (χ0) is 45.2. The number of hydrogen-bond acceptors (Lipinski definition) is 4. The maximum absolute atomic E-state index is 5.37. The first-order chi connectivity index (χ1) is 34.2. The highest BCUT2D eigenvalue weighted by Gasteiger charge is 2.51. The molecule has 2 unspecified atom stereocenters. The Balaban J connectivity index is 0.894. The molecule has 9 aromatic carbocycles. The molecule has 1 spiro atoms. The number of allylic oxidation sites excluding steroid dienone is 2. The van der Waals surface area contributed by atoms with Gasteiger partial charge in [0.1, 0.15) is 0 Å². The molecule has 69 heavy (non-hydrogen) atoms. The van der Waals surface area contributed by atoms with Crippen molar-refractivity contribution in [2.45, 2.75) is 17.4 Å². The van der Waals surface area contributed by atoms with Crippen molar-refractivity contribution in [3.8, 4) is 62.1 Å². The minimum absolute atomic E-state index is 0.215. The lowest BCUT2D eigenvalue weighted by Crippen LogP contribution is -2.28. The van der Waals surface area contributed by atoms with Crippen LogP contribution in [0.15, 0.2) is 237 Å². The predicted molar refractivity (Wildman–Crippen MR) is 280 cm³/mol. The summed E-state index contributed by atoms with van der Waals surface area (Å²) in [5.41, 5.74) is 19.7. The van der Waals surface area contributed by atoms with Crippen LogP contribution in [0.5, 0.6) is 0 Å². The van der Waals surface area contributed by atoms with Crippen LogP contribution in [0.4, 0.5) is 11.4 Å². The van der Waals surface area contributed by atoms with E-state index in [1.807, 2.05) is 0 Å². The van der Waals surface area contributed by atoms with E-state index in [0.29, 0.717) is 23.4 Å². The number of nitrogens with zero attached hydrogens (tertiary/aromatic N) is 5. The molecule has 5 heteroatoms. The van der Waals surface area contributed by atoms with E-state index < -0.39 is 5.41 Å². The SMILES string of the molecule is C1=CC2c3ccccc3N(c3ccc(-c4nc(-c5ccc(-n6c7ccccc7c7ccccc76)cc5)nc(-c5ccc6c(c5)C5(c7ccccc7-c7ccccc75)c5ccccc5-6)n4)cc3)C2C=C1. The molecular formula is C64H41N5. The third-order valence-corrected chi connectivity index (χ3v) is 15.2. The summed E-state index contributed by atoms with van der Waals surface area (Å²) in [6, 6.07) is 77.4. The van der Waals surface area contributed by atoms with Gasteiger partial charge < -0.3 is 9.47 Å². The summed E-state index contributed by atoms with van der Waals surface area (Å²) in [5, 5.41) is 2.47. The van der Waals surface area contributed by atoms with E-state index in [1.54, 1.807) is 0 Å². The molecule has 0 bridgehead atoms. The molecule has 0 N–H and O–H groups in total. The fraction of sp³-hybridized carbons (Fsp3) is 0.0469. The second-order valence-corrected chi connectivity index (χ2v) is 18.6. The first-order valence-corrected chi connectivity index (χ1v) is 23.9. The van der Waals surface area contributed by atoms with Gasteiger partial charge in [-0.2, -0.15) is 0 Å². The number of hydrogen-bond donors (Lipinski definition) is 0. The lowest BCUT2D eigenvalue weighted by atomic mass is 9.70. The van der Waals surface area contributed by atoms with Gasteiger partial charge in [-0.05, 0) is 123 Å². The molecule has 0 radical (unpaired) electrons. The van der Waals surface area contributed by atoms with E-state index in [2.05, 4.69) is 246 Å². The van der Waals surface area contributed by atoms with Gasteiger partial charge in [-0.3, -0.25) is 0 Å². The summed E-state index contributed by atoms with van der Waals surface area (Å²) in [5.74, 6) is 2.20. The van der Waals surface area contributed by atoms with Crippen LogP contribution in [0.3, 0.4) is 0 Å². The van der Waals surface area contributed by atoms with Crippen LogP contribution in [0.25, 0.3) is 83.9 Å². The van der Waals surface area contributed by atoms with Gasteiger partial charge in [0.05, 0.1) is 22.5 Å². The number of rotatable bonds is 5. The second-order valence-electron chi connectivity index (χ2n) is 18.6. The highest BCUT2D eigenvalue weighted by atomic mass is 15.2. The zero-order valence-corrected chi connectivity index (χ0v) is 37.4. The van der Waals surface area contributed by atoms with Crippen LogP contribution in [0.2, 0.25) is 0 Å². The average Bonchev–Trinajstić information content (AvgIpc) is 4.13. The first kappa shape index (κ1) is 38.2. The molecule has 0 fully saturated rings. The Morgan fingerprint density at radius 3 is 1.45 bits per heavy atom. The van der Waals surface area contributed by atoms with Crippen LogP contribution in [-0.4, -0.2) is 25.6 Å². The van der Waals surface area contributed by atoms with Gasteiger partial charge in [0.15, 0.2) is 17.5 Å². The van der Waals surface area contributed by atoms with Crippen molar-refractivity contribution in [3.63, 3.8) is 0 Å². The molecule has 0 saturated carbocycles. The van der Waals surface area contributed by atoms with E-state index in [1.165, 1.54) is 77.6 Å². The highest BCUT2D eigenvalue weighted by Crippen LogP contribution is 2.63. The minimum atomic E-state index is -0.483. The standard InChI is InChI=1S/C64H41N5/c1-8-22-53-45(15-1)46-16-2-9-23-54(46)64(53)55-24-10-3-17-47(55)48-38-33-42(39-56(48)64)63-66-61(40-29-34-43(35-30-40)68-57-25-11-4-18-49(57)50-19-5-12-26-58(50)68)65-62(67-63)41-31-36-44(37-32-41)69-59-27-13-6-20-51(59)52-21-7-14-28-60(52)69/h1-39,49,57H. The van der Waals surface area contributed by atoms with Crippen molar-refractivity contribution in [1.29, 1.82) is 0 Å². The van der Waals surface area contributed by atoms with Gasteiger partial charge in [-0.25, -0.2) is 15.0 Å². The van der Waals surface area contributed by atoms with E-state index in [0.717, 1.165) is 28.1 Å². The number of fused-ring (bicyclic) bond motifs is 16. The van der Waals surface area contributed by atoms with Crippen molar-refractivity contribution in [1.82, 2.24) is 19.5 Å². The monoisotopic (exact) mass is 879 g/mol. The first-order valence-electron chi connectivity index (χ1n) is 23.9. The summed E-state index contributed by atoms with van der Waals surface area (Å²) in [6.07, 6.45) is 8.98. The minimum Gasteiger partial charge on any atom is -0.333 e. The van der Waals surface area contributed by atoms with Crippen LogP contribution in [0, 0.1) is 0 Å². The number of anilines is 2. The molecule has 4 aliphatic rings. The Labute approximate surface area is 399 Å². The van der Waals surface area contributed by atoms with Crippen LogP contribution >= 0.6 is 0 Å². The summed E-state index contributed by atoms with van der Waals surface area (Å²) in [7, 11) is 0. The molecule has 322 valence electrons. The van der Waals surface area contributed by atoms with Crippen LogP contribution in [-0.2, 0) is 5.41 Å². The highest BCUT2D eigenvalue weighted by molar-refractivity contribution is 6.09. The Morgan fingerprint density at radius 1 is 0.377 bits per heavy atom. The Bertz CT molecular complexity index is 3870. The van der Waals surface area contributed by atoms with Crippen molar-refractivity contribution in [3.05, 3.63) is 264 Å².